The molecule has 0 amide bonds. The van der Waals surface area contributed by atoms with Crippen LogP contribution in [0.5, 0.6) is 0 Å². The molecule has 2 heteroatoms. The van der Waals surface area contributed by atoms with Crippen LogP contribution in [0.25, 0.3) is 0 Å². The molecule has 0 fully saturated rings. The molecular weight excluding hydrogens is 347 g/mol. The summed E-state index contributed by atoms with van der Waals surface area (Å²) >= 11 is 2.23. The van der Waals surface area contributed by atoms with Gasteiger partial charge in [-0.25, -0.2) is 0 Å². The van der Waals surface area contributed by atoms with E-state index in [0.717, 1.165) is 25.9 Å². The number of rotatable bonds is 2. The van der Waals surface area contributed by atoms with Gasteiger partial charge in [0.05, 0.1) is 0 Å². The summed E-state index contributed by atoms with van der Waals surface area (Å²) in [5.41, 5.74) is 3.73. The Bertz CT molecular complexity index is 668. The van der Waals surface area contributed by atoms with Crippen molar-refractivity contribution in [3.8, 4) is 0 Å². The average molecular weight is 358 g/mol. The van der Waals surface area contributed by atoms with E-state index in [2.05, 4.69) is 34.7 Å². The highest BCUT2D eigenvalue weighted by Gasteiger charge is 2.14. The molecule has 0 N–H and O–H groups in total. The molecule has 0 aliphatic heterocycles. The Labute approximate surface area is 125 Å². The molecule has 0 spiro atoms. The lowest BCUT2D eigenvalue weighted by Crippen LogP contribution is -2.00. The zero-order valence-electron chi connectivity index (χ0n) is 10.1. The van der Waals surface area contributed by atoms with Gasteiger partial charge in [0.15, 0.2) is 5.78 Å². The van der Waals surface area contributed by atoms with E-state index >= 15 is 0 Å². The molecule has 3 rings (SSSR count). The summed E-state index contributed by atoms with van der Waals surface area (Å²) in [5.74, 6) is 0.0780. The Morgan fingerprint density at radius 1 is 0.842 bits per heavy atom. The first-order valence-corrected chi connectivity index (χ1v) is 7.11. The van der Waals surface area contributed by atoms with Crippen LogP contribution in [0.3, 0.4) is 0 Å². The molecule has 0 saturated carbocycles. The molecule has 2 aliphatic rings. The number of allylic oxidation sites excluding steroid dienone is 10. The number of carbonyl (C=O) groups is 1. The molecule has 92 valence electrons. The average Bonchev–Trinajstić information content (AvgIpc) is 3.10. The number of Topliss-reactive ketones (excluding diaryl/α,β-unsaturated/α-hetero) is 1. The standard InChI is InChI=1S/C17H11IO/c18-16-9-7-13(8-10-16)17(19)15-6-5-14(11-15)12-3-1-2-4-12/h1-11H. The van der Waals surface area contributed by atoms with Gasteiger partial charge in [-0.15, -0.1) is 0 Å². The number of halogens is 1. The van der Waals surface area contributed by atoms with Gasteiger partial charge in [-0.2, -0.15) is 0 Å². The third-order valence-corrected chi connectivity index (χ3v) is 3.84. The first-order chi connectivity index (χ1) is 9.24. The summed E-state index contributed by atoms with van der Waals surface area (Å²) in [6.45, 7) is 0. The van der Waals surface area contributed by atoms with Crippen molar-refractivity contribution in [3.05, 3.63) is 92.7 Å². The third-order valence-electron chi connectivity index (χ3n) is 3.12. The Hall–Kier alpha value is -1.68. The van der Waals surface area contributed by atoms with Crippen LogP contribution in [-0.4, -0.2) is 5.78 Å². The summed E-state index contributed by atoms with van der Waals surface area (Å²) < 4.78 is 1.13. The lowest BCUT2D eigenvalue weighted by Gasteiger charge is -2.00. The van der Waals surface area contributed by atoms with E-state index in [1.165, 1.54) is 0 Å². The Morgan fingerprint density at radius 2 is 1.53 bits per heavy atom. The molecular formula is C17H11IO. The van der Waals surface area contributed by atoms with Crippen LogP contribution < -0.4 is 0 Å². The molecule has 0 heterocycles. The minimum atomic E-state index is 0.0780. The van der Waals surface area contributed by atoms with Crippen molar-refractivity contribution in [1.29, 1.82) is 0 Å². The summed E-state index contributed by atoms with van der Waals surface area (Å²) in [6.07, 6.45) is 13.9. The van der Waals surface area contributed by atoms with Gasteiger partial charge in [0.2, 0.25) is 0 Å². The molecule has 0 aromatic heterocycles. The van der Waals surface area contributed by atoms with Crippen LogP contribution in [0.1, 0.15) is 10.4 Å². The molecule has 0 radical (unpaired) electrons. The van der Waals surface area contributed by atoms with Gasteiger partial charge >= 0.3 is 0 Å². The summed E-state index contributed by atoms with van der Waals surface area (Å²) in [4.78, 5) is 12.3. The van der Waals surface area contributed by atoms with E-state index in [4.69, 9.17) is 0 Å². The van der Waals surface area contributed by atoms with Gasteiger partial charge in [0.1, 0.15) is 0 Å². The first-order valence-electron chi connectivity index (χ1n) is 6.03. The molecule has 1 nitrogen and oxygen atoms in total. The monoisotopic (exact) mass is 358 g/mol. The van der Waals surface area contributed by atoms with E-state index in [1.54, 1.807) is 0 Å². The summed E-state index contributed by atoms with van der Waals surface area (Å²) in [7, 11) is 0. The van der Waals surface area contributed by atoms with Crippen LogP contribution in [-0.2, 0) is 0 Å². The lowest BCUT2D eigenvalue weighted by atomic mass is 10.0. The molecule has 0 unspecified atom stereocenters. The number of hydrogen-bond donors (Lipinski definition) is 0. The van der Waals surface area contributed by atoms with Crippen LogP contribution in [0.4, 0.5) is 0 Å². The quantitative estimate of drug-likeness (QED) is 0.566. The highest BCUT2D eigenvalue weighted by atomic mass is 127. The fraction of sp³-hybridized carbons (Fsp3) is 0. The van der Waals surface area contributed by atoms with Gasteiger partial charge in [0, 0.05) is 14.7 Å². The maximum absolute atomic E-state index is 12.3. The highest BCUT2D eigenvalue weighted by Crippen LogP contribution is 2.24. The first kappa shape index (κ1) is 12.4. The summed E-state index contributed by atoms with van der Waals surface area (Å²) in [5, 5.41) is 0. The van der Waals surface area contributed by atoms with Gasteiger partial charge in [-0.1, -0.05) is 36.5 Å². The Morgan fingerprint density at radius 3 is 2.21 bits per heavy atom. The third kappa shape index (κ3) is 2.54. The number of hydrogen-bond acceptors (Lipinski definition) is 1. The van der Waals surface area contributed by atoms with Crippen molar-refractivity contribution >= 4 is 28.4 Å². The van der Waals surface area contributed by atoms with E-state index < -0.39 is 0 Å². The Kier molecular flexibility index (Phi) is 3.34. The Balaban J connectivity index is 1.90. The van der Waals surface area contributed by atoms with Gasteiger partial charge in [0.25, 0.3) is 0 Å². The second kappa shape index (κ2) is 5.13. The van der Waals surface area contributed by atoms with Gasteiger partial charge < -0.3 is 0 Å². The topological polar surface area (TPSA) is 17.1 Å². The number of carbonyl (C=O) groups excluding carboxylic acids is 1. The molecule has 2 aliphatic carbocycles. The fourth-order valence-corrected chi connectivity index (χ4v) is 2.46. The predicted octanol–water partition coefficient (Wildman–Crippen LogP) is 4.39. The minimum absolute atomic E-state index is 0.0780. The maximum Gasteiger partial charge on any atom is 0.193 e. The van der Waals surface area contributed by atoms with Crippen LogP contribution in [0.15, 0.2) is 83.5 Å². The van der Waals surface area contributed by atoms with Crippen LogP contribution in [0, 0.1) is 3.57 Å². The molecule has 1 aromatic carbocycles. The van der Waals surface area contributed by atoms with E-state index in [1.807, 2.05) is 54.6 Å². The summed E-state index contributed by atoms with van der Waals surface area (Å²) in [6, 6.07) is 7.66. The SMILES string of the molecule is O=C(C1=CC(=C2C=CC=C2)C=C1)c1ccc(I)cc1. The molecule has 0 bridgehead atoms. The van der Waals surface area contributed by atoms with Crippen molar-refractivity contribution in [1.82, 2.24) is 0 Å². The van der Waals surface area contributed by atoms with Crippen molar-refractivity contribution in [2.24, 2.45) is 0 Å². The van der Waals surface area contributed by atoms with Gasteiger partial charge in [-0.05, 0) is 64.1 Å². The van der Waals surface area contributed by atoms with Crippen LogP contribution in [0.2, 0.25) is 0 Å². The molecule has 1 aromatic rings. The molecule has 19 heavy (non-hydrogen) atoms. The number of ketones is 1. The van der Waals surface area contributed by atoms with Crippen molar-refractivity contribution in [2.75, 3.05) is 0 Å². The molecule has 0 atom stereocenters. The zero-order chi connectivity index (χ0) is 13.2. The predicted molar refractivity (Wildman–Crippen MR) is 86.0 cm³/mol. The van der Waals surface area contributed by atoms with E-state index in [0.29, 0.717) is 0 Å². The second-order valence-electron chi connectivity index (χ2n) is 4.40. The second-order valence-corrected chi connectivity index (χ2v) is 5.64. The van der Waals surface area contributed by atoms with E-state index in [-0.39, 0.29) is 5.78 Å². The van der Waals surface area contributed by atoms with E-state index in [9.17, 15) is 4.79 Å². The zero-order valence-corrected chi connectivity index (χ0v) is 12.3. The van der Waals surface area contributed by atoms with Crippen LogP contribution >= 0.6 is 22.6 Å². The number of benzene rings is 1. The largest absolute Gasteiger partial charge is 0.289 e. The highest BCUT2D eigenvalue weighted by molar-refractivity contribution is 14.1. The van der Waals surface area contributed by atoms with Gasteiger partial charge in [-0.3, -0.25) is 4.79 Å². The normalized spacial score (nSPS) is 16.4. The lowest BCUT2D eigenvalue weighted by molar-refractivity contribution is 0.103. The van der Waals surface area contributed by atoms with Crippen molar-refractivity contribution < 1.29 is 4.79 Å². The fourth-order valence-electron chi connectivity index (χ4n) is 2.10. The smallest absolute Gasteiger partial charge is 0.193 e. The molecule has 0 saturated heterocycles. The van der Waals surface area contributed by atoms with Crippen molar-refractivity contribution in [3.63, 3.8) is 0 Å². The van der Waals surface area contributed by atoms with Crippen molar-refractivity contribution in [2.45, 2.75) is 0 Å². The maximum atomic E-state index is 12.3. The minimum Gasteiger partial charge on any atom is -0.289 e.